The summed E-state index contributed by atoms with van der Waals surface area (Å²) in [5.41, 5.74) is 4.60. The molecule has 0 aliphatic rings. The molecular weight excluding hydrogens is 218 g/mol. The topological polar surface area (TPSA) is 55.6 Å². The van der Waals surface area contributed by atoms with Gasteiger partial charge in [-0.25, -0.2) is 8.78 Å². The van der Waals surface area contributed by atoms with Gasteiger partial charge in [-0.15, -0.1) is 0 Å². The summed E-state index contributed by atoms with van der Waals surface area (Å²) < 4.78 is 28.8. The predicted molar refractivity (Wildman–Crippen MR) is 57.3 cm³/mol. The average Bonchev–Trinajstić information content (AvgIpc) is 2.14. The SMILES string of the molecule is COC(=O)C(C)(N)CC(C)N(C)CC(F)F. The molecule has 0 saturated heterocycles. The molecule has 2 N–H and O–H groups in total. The van der Waals surface area contributed by atoms with E-state index in [9.17, 15) is 13.6 Å². The van der Waals surface area contributed by atoms with Crippen molar-refractivity contribution in [3.8, 4) is 0 Å². The lowest BCUT2D eigenvalue weighted by atomic mass is 9.94. The molecule has 16 heavy (non-hydrogen) atoms. The van der Waals surface area contributed by atoms with E-state index in [-0.39, 0.29) is 19.0 Å². The van der Waals surface area contributed by atoms with Crippen molar-refractivity contribution < 1.29 is 18.3 Å². The second kappa shape index (κ2) is 6.10. The summed E-state index contributed by atoms with van der Waals surface area (Å²) in [7, 11) is 2.82. The van der Waals surface area contributed by atoms with Crippen LogP contribution in [0.25, 0.3) is 0 Å². The molecule has 4 nitrogen and oxygen atoms in total. The van der Waals surface area contributed by atoms with E-state index in [0.717, 1.165) is 0 Å². The molecule has 0 amide bonds. The molecule has 0 bridgehead atoms. The standard InChI is InChI=1S/C10H20F2N2O2/c1-7(14(3)6-8(11)12)5-10(2,13)9(15)16-4/h7-8H,5-6,13H2,1-4H3. The van der Waals surface area contributed by atoms with Crippen LogP contribution in [0.4, 0.5) is 8.78 Å². The van der Waals surface area contributed by atoms with Gasteiger partial charge in [-0.3, -0.25) is 9.69 Å². The van der Waals surface area contributed by atoms with E-state index in [2.05, 4.69) is 4.74 Å². The Morgan fingerprint density at radius 2 is 2.06 bits per heavy atom. The first-order chi connectivity index (χ1) is 7.20. The van der Waals surface area contributed by atoms with Crippen molar-refractivity contribution in [1.82, 2.24) is 4.90 Å². The van der Waals surface area contributed by atoms with Crippen molar-refractivity contribution >= 4 is 5.97 Å². The van der Waals surface area contributed by atoms with Gasteiger partial charge < -0.3 is 10.5 Å². The molecule has 6 heteroatoms. The average molecular weight is 238 g/mol. The Hall–Kier alpha value is -0.750. The van der Waals surface area contributed by atoms with E-state index in [0.29, 0.717) is 0 Å². The summed E-state index contributed by atoms with van der Waals surface area (Å²) in [5, 5.41) is 0. The highest BCUT2D eigenvalue weighted by Gasteiger charge is 2.32. The van der Waals surface area contributed by atoms with Crippen LogP contribution in [-0.4, -0.2) is 49.6 Å². The smallest absolute Gasteiger partial charge is 0.325 e. The summed E-state index contributed by atoms with van der Waals surface area (Å²) in [4.78, 5) is 12.8. The van der Waals surface area contributed by atoms with Crippen LogP contribution in [0.3, 0.4) is 0 Å². The maximum Gasteiger partial charge on any atom is 0.325 e. The Kier molecular flexibility index (Phi) is 5.81. The van der Waals surface area contributed by atoms with Gasteiger partial charge in [-0.2, -0.15) is 0 Å². The summed E-state index contributed by atoms with van der Waals surface area (Å²) in [6.07, 6.45) is -2.13. The maximum atomic E-state index is 12.1. The zero-order valence-electron chi connectivity index (χ0n) is 10.2. The van der Waals surface area contributed by atoms with Gasteiger partial charge in [-0.05, 0) is 27.3 Å². The summed E-state index contributed by atoms with van der Waals surface area (Å²) in [6, 6.07) is -0.219. The van der Waals surface area contributed by atoms with Crippen molar-refractivity contribution in [2.75, 3.05) is 20.7 Å². The molecule has 0 aliphatic heterocycles. The number of ether oxygens (including phenoxy) is 1. The number of carbonyl (C=O) groups is 1. The Labute approximate surface area is 94.7 Å². The third-order valence-corrected chi connectivity index (χ3v) is 2.55. The number of methoxy groups -OCH3 is 1. The second-order valence-electron chi connectivity index (χ2n) is 4.29. The van der Waals surface area contributed by atoms with Crippen LogP contribution in [0, 0.1) is 0 Å². The van der Waals surface area contributed by atoms with E-state index in [1.54, 1.807) is 14.0 Å². The van der Waals surface area contributed by atoms with Gasteiger partial charge in [0.2, 0.25) is 0 Å². The number of rotatable bonds is 6. The van der Waals surface area contributed by atoms with Gasteiger partial charge in [0.25, 0.3) is 6.43 Å². The van der Waals surface area contributed by atoms with Crippen molar-refractivity contribution in [1.29, 1.82) is 0 Å². The fraction of sp³-hybridized carbons (Fsp3) is 0.900. The molecule has 0 saturated carbocycles. The predicted octanol–water partition coefficient (Wildman–Crippen LogP) is 0.852. The molecule has 0 rings (SSSR count). The van der Waals surface area contributed by atoms with Crippen LogP contribution >= 0.6 is 0 Å². The Morgan fingerprint density at radius 3 is 2.44 bits per heavy atom. The highest BCUT2D eigenvalue weighted by molar-refractivity contribution is 5.79. The van der Waals surface area contributed by atoms with E-state index >= 15 is 0 Å². The van der Waals surface area contributed by atoms with Gasteiger partial charge >= 0.3 is 5.97 Å². The molecular formula is C10H20F2N2O2. The van der Waals surface area contributed by atoms with Gasteiger partial charge in [0, 0.05) is 6.04 Å². The molecule has 96 valence electrons. The van der Waals surface area contributed by atoms with Crippen molar-refractivity contribution in [3.63, 3.8) is 0 Å². The van der Waals surface area contributed by atoms with Gasteiger partial charge in [0.05, 0.1) is 13.7 Å². The minimum atomic E-state index is -2.39. The first kappa shape index (κ1) is 15.2. The molecule has 0 aromatic carbocycles. The first-order valence-corrected chi connectivity index (χ1v) is 5.06. The highest BCUT2D eigenvalue weighted by Crippen LogP contribution is 2.15. The summed E-state index contributed by atoms with van der Waals surface area (Å²) >= 11 is 0. The number of nitrogens with two attached hydrogens (primary N) is 1. The van der Waals surface area contributed by atoms with Crippen LogP contribution in [0.1, 0.15) is 20.3 Å². The number of hydrogen-bond donors (Lipinski definition) is 1. The Bertz CT molecular complexity index is 235. The number of hydrogen-bond acceptors (Lipinski definition) is 4. The number of alkyl halides is 2. The minimum absolute atomic E-state index is 0.219. The number of carbonyl (C=O) groups excluding carboxylic acids is 1. The van der Waals surface area contributed by atoms with Crippen LogP contribution < -0.4 is 5.73 Å². The van der Waals surface area contributed by atoms with Gasteiger partial charge in [0.15, 0.2) is 0 Å². The molecule has 0 fully saturated rings. The molecule has 2 unspecified atom stereocenters. The molecule has 0 aromatic heterocycles. The maximum absolute atomic E-state index is 12.1. The van der Waals surface area contributed by atoms with E-state index in [4.69, 9.17) is 5.73 Å². The van der Waals surface area contributed by atoms with Crippen LogP contribution in [0.2, 0.25) is 0 Å². The normalized spacial score (nSPS) is 17.3. The quantitative estimate of drug-likeness (QED) is 0.697. The van der Waals surface area contributed by atoms with Crippen molar-refractivity contribution in [2.24, 2.45) is 5.73 Å². The zero-order valence-corrected chi connectivity index (χ0v) is 10.2. The number of halogens is 2. The van der Waals surface area contributed by atoms with E-state index in [1.807, 2.05) is 0 Å². The number of esters is 1. The van der Waals surface area contributed by atoms with Gasteiger partial charge in [0.1, 0.15) is 5.54 Å². The van der Waals surface area contributed by atoms with Crippen molar-refractivity contribution in [2.45, 2.75) is 38.3 Å². The fourth-order valence-electron chi connectivity index (χ4n) is 1.48. The fourth-order valence-corrected chi connectivity index (χ4v) is 1.48. The highest BCUT2D eigenvalue weighted by atomic mass is 19.3. The molecule has 0 radical (unpaired) electrons. The van der Waals surface area contributed by atoms with Crippen molar-refractivity contribution in [3.05, 3.63) is 0 Å². The third-order valence-electron chi connectivity index (χ3n) is 2.55. The first-order valence-electron chi connectivity index (χ1n) is 5.06. The lowest BCUT2D eigenvalue weighted by Gasteiger charge is -2.30. The van der Waals surface area contributed by atoms with Gasteiger partial charge in [-0.1, -0.05) is 0 Å². The molecule has 0 spiro atoms. The molecule has 2 atom stereocenters. The lowest BCUT2D eigenvalue weighted by molar-refractivity contribution is -0.147. The van der Waals surface area contributed by atoms with Crippen LogP contribution in [0.5, 0.6) is 0 Å². The Morgan fingerprint density at radius 1 is 1.56 bits per heavy atom. The number of nitrogens with zero attached hydrogens (tertiary/aromatic N) is 1. The van der Waals surface area contributed by atoms with E-state index in [1.165, 1.54) is 18.9 Å². The molecule has 0 aromatic rings. The molecule has 0 heterocycles. The van der Waals surface area contributed by atoms with Crippen LogP contribution in [0.15, 0.2) is 0 Å². The van der Waals surface area contributed by atoms with E-state index < -0.39 is 17.9 Å². The third kappa shape index (κ3) is 4.85. The Balaban J connectivity index is 4.32. The zero-order chi connectivity index (χ0) is 12.9. The monoisotopic (exact) mass is 238 g/mol. The van der Waals surface area contributed by atoms with Crippen LogP contribution in [-0.2, 0) is 9.53 Å². The summed E-state index contributed by atoms with van der Waals surface area (Å²) in [5.74, 6) is -0.537. The second-order valence-corrected chi connectivity index (χ2v) is 4.29. The minimum Gasteiger partial charge on any atom is -0.468 e. The molecule has 0 aliphatic carbocycles. The lowest BCUT2D eigenvalue weighted by Crippen LogP contribution is -2.50. The summed E-state index contributed by atoms with van der Waals surface area (Å²) in [6.45, 7) is 2.94. The largest absolute Gasteiger partial charge is 0.468 e.